The molecule has 0 unspecified atom stereocenters. The second-order valence-corrected chi connectivity index (χ2v) is 19.6. The Labute approximate surface area is 322 Å². The van der Waals surface area contributed by atoms with Gasteiger partial charge in [0.1, 0.15) is 0 Å². The van der Waals surface area contributed by atoms with Crippen molar-refractivity contribution in [2.75, 3.05) is 0 Å². The number of hydrogen-bond acceptors (Lipinski definition) is 0. The maximum atomic E-state index is 4.89. The average Bonchev–Trinajstić information content (AvgIpc) is 3.82. The van der Waals surface area contributed by atoms with Crippen LogP contribution in [0, 0.1) is 27.7 Å². The number of halogens is 2. The summed E-state index contributed by atoms with van der Waals surface area (Å²) in [4.78, 5) is 0. The van der Waals surface area contributed by atoms with E-state index in [1.165, 1.54) is 75.6 Å². The van der Waals surface area contributed by atoms with Gasteiger partial charge in [0.2, 0.25) is 0 Å². The summed E-state index contributed by atoms with van der Waals surface area (Å²) < 4.78 is 0. The van der Waals surface area contributed by atoms with Crippen molar-refractivity contribution in [1.82, 2.24) is 0 Å². The molecule has 0 saturated heterocycles. The normalized spacial score (nSPS) is 10.9. The summed E-state index contributed by atoms with van der Waals surface area (Å²) in [6.45, 7) is 8.83. The second-order valence-electron chi connectivity index (χ2n) is 12.6. The Morgan fingerprint density at radius 3 is 0.902 bits per heavy atom. The standard InChI is InChI=1S/2C23H20P.2ClH.Ti/c2*1-17-13-14-18(2)23-16-21(15-22(17)23)24(19-9-5-3-6-10-19)20-11-7-4-8-12-20;;;/h2*3-16H,1-2H3;2*1H;/q2*-1;;;+2/p-2. The van der Waals surface area contributed by atoms with Crippen LogP contribution in [0.25, 0.3) is 21.5 Å². The fraction of sp³-hybridized carbons (Fsp3) is 0.0870. The first kappa shape index (κ1) is 37.5. The molecule has 0 saturated carbocycles. The molecular weight excluding hydrogens is 733 g/mol. The van der Waals surface area contributed by atoms with Crippen LogP contribution in [0.15, 0.2) is 170 Å². The molecule has 254 valence electrons. The Morgan fingerprint density at radius 2 is 0.647 bits per heavy atom. The van der Waals surface area contributed by atoms with E-state index in [0.717, 1.165) is 0 Å². The molecule has 0 radical (unpaired) electrons. The van der Waals surface area contributed by atoms with E-state index in [1.54, 1.807) is 0 Å². The van der Waals surface area contributed by atoms with Crippen molar-refractivity contribution < 1.29 is 17.0 Å². The van der Waals surface area contributed by atoms with E-state index in [9.17, 15) is 0 Å². The van der Waals surface area contributed by atoms with Gasteiger partial charge in [-0.2, -0.15) is 12.1 Å². The van der Waals surface area contributed by atoms with Gasteiger partial charge >= 0.3 is 35.6 Å². The predicted molar refractivity (Wildman–Crippen MR) is 227 cm³/mol. The Bertz CT molecular complexity index is 1970. The third-order valence-electron chi connectivity index (χ3n) is 9.19. The molecule has 5 heteroatoms. The van der Waals surface area contributed by atoms with Crippen LogP contribution in [-0.2, 0) is 17.0 Å². The molecule has 0 aliphatic rings. The molecule has 51 heavy (non-hydrogen) atoms. The van der Waals surface area contributed by atoms with E-state index in [0.29, 0.717) is 0 Å². The zero-order valence-corrected chi connectivity index (χ0v) is 34.2. The van der Waals surface area contributed by atoms with Gasteiger partial charge in [-0.1, -0.05) is 158 Å². The first-order valence-corrected chi connectivity index (χ1v) is 24.0. The van der Waals surface area contributed by atoms with Crippen molar-refractivity contribution >= 4 is 87.8 Å². The molecule has 0 bridgehead atoms. The third kappa shape index (κ3) is 8.84. The molecule has 0 aromatic heterocycles. The minimum absolute atomic E-state index is 0.518. The van der Waals surface area contributed by atoms with Crippen molar-refractivity contribution in [2.45, 2.75) is 27.7 Å². The number of hydrogen-bond donors (Lipinski definition) is 0. The second kappa shape index (κ2) is 18.0. The molecule has 0 N–H and O–H groups in total. The van der Waals surface area contributed by atoms with Crippen molar-refractivity contribution in [3.05, 3.63) is 192 Å². The summed E-state index contributed by atoms with van der Waals surface area (Å²) in [5.74, 6) is 0. The van der Waals surface area contributed by atoms with Gasteiger partial charge in [-0.3, -0.25) is 0 Å². The monoisotopic (exact) mass is 772 g/mol. The third-order valence-corrected chi connectivity index (χ3v) is 14.0. The Hall–Kier alpha value is -3.31. The van der Waals surface area contributed by atoms with Gasteiger partial charge in [-0.05, 0) is 50.9 Å². The number of rotatable bonds is 6. The Kier molecular flexibility index (Phi) is 13.2. The molecule has 0 amide bonds. The molecule has 0 atom stereocenters. The predicted octanol–water partition coefficient (Wildman–Crippen LogP) is 11.2. The van der Waals surface area contributed by atoms with Crippen LogP contribution in [0.4, 0.5) is 0 Å². The minimum atomic E-state index is -0.556. The van der Waals surface area contributed by atoms with E-state index in [1.807, 2.05) is 0 Å². The molecule has 0 aliphatic carbocycles. The zero-order valence-electron chi connectivity index (χ0n) is 29.3. The topological polar surface area (TPSA) is 0 Å². The molecular formula is C46H40Cl2P2Ti-2. The van der Waals surface area contributed by atoms with Gasteiger partial charge in [-0.25, -0.2) is 0 Å². The molecule has 0 nitrogen and oxygen atoms in total. The van der Waals surface area contributed by atoms with Crippen molar-refractivity contribution in [3.8, 4) is 0 Å². The quantitative estimate of drug-likeness (QED) is 0.0897. The first-order chi connectivity index (χ1) is 24.9. The van der Waals surface area contributed by atoms with Crippen molar-refractivity contribution in [3.63, 3.8) is 0 Å². The fourth-order valence-corrected chi connectivity index (χ4v) is 11.3. The first-order valence-electron chi connectivity index (χ1n) is 17.0. The van der Waals surface area contributed by atoms with Crippen molar-refractivity contribution in [1.29, 1.82) is 0 Å². The average molecular weight is 774 g/mol. The molecule has 0 fully saturated rings. The van der Waals surface area contributed by atoms with Crippen LogP contribution < -0.4 is 31.8 Å². The van der Waals surface area contributed by atoms with Crippen LogP contribution in [0.5, 0.6) is 0 Å². The van der Waals surface area contributed by atoms with Crippen molar-refractivity contribution in [2.24, 2.45) is 0 Å². The van der Waals surface area contributed by atoms with Crippen LogP contribution in [-0.4, -0.2) is 0 Å². The van der Waals surface area contributed by atoms with E-state index >= 15 is 0 Å². The molecule has 0 heterocycles. The summed E-state index contributed by atoms with van der Waals surface area (Å²) in [6.07, 6.45) is 0. The van der Waals surface area contributed by atoms with Crippen LogP contribution >= 0.6 is 34.5 Å². The van der Waals surface area contributed by atoms with Gasteiger partial charge < -0.3 is 0 Å². The van der Waals surface area contributed by atoms with Gasteiger partial charge in [0, 0.05) is 0 Å². The van der Waals surface area contributed by atoms with Crippen LogP contribution in [0.3, 0.4) is 0 Å². The molecule has 8 rings (SSSR count). The van der Waals surface area contributed by atoms with E-state index in [-0.39, 0.29) is 0 Å². The summed E-state index contributed by atoms with van der Waals surface area (Å²) >= 11 is -0.556. The summed E-state index contributed by atoms with van der Waals surface area (Å²) in [6, 6.07) is 62.2. The fourth-order valence-electron chi connectivity index (χ4n) is 6.61. The molecule has 0 spiro atoms. The van der Waals surface area contributed by atoms with E-state index < -0.39 is 32.9 Å². The van der Waals surface area contributed by atoms with Gasteiger partial charge in [-0.15, -0.1) is 67.5 Å². The molecule has 8 aromatic rings. The molecule has 0 aliphatic heterocycles. The number of benzene rings is 6. The van der Waals surface area contributed by atoms with Gasteiger partial charge in [0.15, 0.2) is 0 Å². The van der Waals surface area contributed by atoms with Crippen LogP contribution in [0.2, 0.25) is 0 Å². The Morgan fingerprint density at radius 1 is 0.392 bits per heavy atom. The van der Waals surface area contributed by atoms with E-state index in [4.69, 9.17) is 18.6 Å². The SMILES string of the molecule is Cc1ccc(C)c2[cH-]c(P(c3ccccc3)c3ccccc3)cc12.Cc1ccc(C)c2[cH-]c(P(c3ccccc3)c3ccccc3)cc12.[Cl][Ti][Cl]. The van der Waals surface area contributed by atoms with E-state index in [2.05, 4.69) is 198 Å². The summed E-state index contributed by atoms with van der Waals surface area (Å²) in [7, 11) is 8.74. The molecule has 8 aromatic carbocycles. The number of fused-ring (bicyclic) bond motifs is 2. The summed E-state index contributed by atoms with van der Waals surface area (Å²) in [5.41, 5.74) is 5.44. The maximum absolute atomic E-state index is 4.89. The van der Waals surface area contributed by atoms with Crippen LogP contribution in [0.1, 0.15) is 22.3 Å². The number of aryl methyl sites for hydroxylation is 4. The van der Waals surface area contributed by atoms with Gasteiger partial charge in [0.05, 0.1) is 0 Å². The van der Waals surface area contributed by atoms with Gasteiger partial charge in [0.25, 0.3) is 0 Å². The Balaban J connectivity index is 0.000000163. The zero-order chi connectivity index (χ0) is 35.7. The summed E-state index contributed by atoms with van der Waals surface area (Å²) in [5, 5.41) is 14.1.